The molecule has 0 aromatic heterocycles. The Hall–Kier alpha value is -2.44. The molecule has 25 heavy (non-hydrogen) atoms. The summed E-state index contributed by atoms with van der Waals surface area (Å²) in [5.74, 6) is -0.527. The Balaban J connectivity index is 2.92. The highest BCUT2D eigenvalue weighted by atomic mass is 32.2. The average Bonchev–Trinajstić information content (AvgIpc) is 2.54. The summed E-state index contributed by atoms with van der Waals surface area (Å²) in [6, 6.07) is 4.78. The number of hydrogen-bond acceptors (Lipinski definition) is 3. The number of rotatable bonds is 7. The third kappa shape index (κ3) is 6.17. The van der Waals surface area contributed by atoms with Crippen molar-refractivity contribution >= 4 is 22.0 Å². The van der Waals surface area contributed by atoms with Gasteiger partial charge in [0.05, 0.1) is 4.90 Å². The van der Waals surface area contributed by atoms with E-state index in [9.17, 15) is 13.2 Å². The van der Waals surface area contributed by atoms with Crippen molar-refractivity contribution in [2.45, 2.75) is 32.6 Å². The minimum absolute atomic E-state index is 0.0795. The lowest BCUT2D eigenvalue weighted by Gasteiger charge is -2.10. The Bertz CT molecular complexity index is 847. The fourth-order valence-corrected chi connectivity index (χ4v) is 2.93. The molecule has 0 unspecified atom stereocenters. The predicted molar refractivity (Wildman–Crippen MR) is 102 cm³/mol. The Kier molecular flexibility index (Phi) is 7.54. The predicted octanol–water partition coefficient (Wildman–Crippen LogP) is 3.42. The summed E-state index contributed by atoms with van der Waals surface area (Å²) >= 11 is 0. The van der Waals surface area contributed by atoms with E-state index in [4.69, 9.17) is 0 Å². The van der Waals surface area contributed by atoms with Gasteiger partial charge in [-0.2, -0.15) is 0 Å². The van der Waals surface area contributed by atoms with Gasteiger partial charge in [-0.1, -0.05) is 48.6 Å². The number of hydrogen-bond donors (Lipinski definition) is 2. The summed E-state index contributed by atoms with van der Waals surface area (Å²) in [6.07, 6.45) is 8.66. The molecule has 1 rings (SSSR count). The molecule has 1 amide bonds. The Labute approximate surface area is 149 Å². The second-order valence-electron chi connectivity index (χ2n) is 5.55. The number of carbonyl (C=O) groups excluding carboxylic acids is 1. The average molecular weight is 360 g/mol. The van der Waals surface area contributed by atoms with Crippen molar-refractivity contribution in [2.75, 3.05) is 0 Å². The zero-order chi connectivity index (χ0) is 19.0. The van der Waals surface area contributed by atoms with Gasteiger partial charge in [0.1, 0.15) is 0 Å². The summed E-state index contributed by atoms with van der Waals surface area (Å²) in [4.78, 5) is 14.2. The van der Waals surface area contributed by atoms with Crippen LogP contribution in [0.25, 0.3) is 6.08 Å². The molecule has 0 heterocycles. The molecule has 0 aliphatic carbocycles. The van der Waals surface area contributed by atoms with Gasteiger partial charge in [-0.05, 0) is 51.0 Å². The van der Waals surface area contributed by atoms with Crippen LogP contribution in [-0.4, -0.2) is 14.3 Å². The van der Waals surface area contributed by atoms with E-state index >= 15 is 0 Å². The van der Waals surface area contributed by atoms with Crippen LogP contribution in [0.5, 0.6) is 0 Å². The van der Waals surface area contributed by atoms with Gasteiger partial charge < -0.3 is 0 Å². The molecule has 0 fully saturated rings. The van der Waals surface area contributed by atoms with E-state index in [-0.39, 0.29) is 4.90 Å². The van der Waals surface area contributed by atoms with E-state index in [0.717, 1.165) is 16.7 Å². The monoisotopic (exact) mass is 360 g/mol. The molecule has 0 saturated carbocycles. The molecule has 0 aliphatic heterocycles. The standard InChI is InChI=1S/C19H24N2O3S/c1-6-8-14(3)12-16(5)19(22)20-21-25(23,24)18-11-10-15(4)17(13-18)9-7-2/h6-13,21H,1H2,2-5H3,(H,20,22)/b9-7-,14-8-,16-12+. The fourth-order valence-electron chi connectivity index (χ4n) is 2.06. The zero-order valence-corrected chi connectivity index (χ0v) is 15.8. The Morgan fingerprint density at radius 3 is 2.52 bits per heavy atom. The van der Waals surface area contributed by atoms with Crippen molar-refractivity contribution in [1.29, 1.82) is 0 Å². The molecule has 0 saturated heterocycles. The van der Waals surface area contributed by atoms with Crippen LogP contribution in [0.2, 0.25) is 0 Å². The van der Waals surface area contributed by atoms with Crippen molar-refractivity contribution in [3.8, 4) is 0 Å². The number of nitrogens with one attached hydrogen (secondary N) is 2. The molecule has 0 bridgehead atoms. The SMILES string of the molecule is C=C/C=C(C)\C=C(/C)C(=O)NNS(=O)(=O)c1ccc(C)c(/C=C\C)c1. The molecule has 0 radical (unpaired) electrons. The van der Waals surface area contributed by atoms with E-state index in [0.29, 0.717) is 5.57 Å². The third-order valence-electron chi connectivity index (χ3n) is 3.39. The third-order valence-corrected chi connectivity index (χ3v) is 4.63. The van der Waals surface area contributed by atoms with E-state index in [2.05, 4.69) is 16.8 Å². The molecule has 6 heteroatoms. The van der Waals surface area contributed by atoms with Gasteiger partial charge in [0, 0.05) is 5.57 Å². The fraction of sp³-hybridized carbons (Fsp3) is 0.211. The van der Waals surface area contributed by atoms with Crippen molar-refractivity contribution in [2.24, 2.45) is 0 Å². The highest BCUT2D eigenvalue weighted by molar-refractivity contribution is 7.89. The first-order chi connectivity index (χ1) is 11.7. The lowest BCUT2D eigenvalue weighted by molar-refractivity contribution is -0.117. The molecule has 134 valence electrons. The topological polar surface area (TPSA) is 75.3 Å². The molecular weight excluding hydrogens is 336 g/mol. The molecule has 1 aromatic rings. The highest BCUT2D eigenvalue weighted by Crippen LogP contribution is 2.16. The molecular formula is C19H24N2O3S. The van der Waals surface area contributed by atoms with Gasteiger partial charge in [0.25, 0.3) is 15.9 Å². The number of benzene rings is 1. The quantitative estimate of drug-likeness (QED) is 0.444. The lowest BCUT2D eigenvalue weighted by atomic mass is 10.1. The zero-order valence-electron chi connectivity index (χ0n) is 15.0. The number of allylic oxidation sites excluding steroid dienone is 5. The number of hydrazine groups is 1. The second kappa shape index (κ2) is 9.15. The van der Waals surface area contributed by atoms with Crippen LogP contribution in [0.4, 0.5) is 0 Å². The minimum atomic E-state index is -3.86. The van der Waals surface area contributed by atoms with Crippen LogP contribution < -0.4 is 10.3 Å². The maximum absolute atomic E-state index is 12.4. The van der Waals surface area contributed by atoms with Crippen LogP contribution in [0.3, 0.4) is 0 Å². The summed E-state index contributed by atoms with van der Waals surface area (Å²) in [5, 5.41) is 0. The molecule has 2 N–H and O–H groups in total. The number of aryl methyl sites for hydroxylation is 1. The maximum atomic E-state index is 12.4. The highest BCUT2D eigenvalue weighted by Gasteiger charge is 2.16. The maximum Gasteiger partial charge on any atom is 0.261 e. The Morgan fingerprint density at radius 2 is 1.92 bits per heavy atom. The van der Waals surface area contributed by atoms with Crippen molar-refractivity contribution in [3.05, 3.63) is 71.4 Å². The van der Waals surface area contributed by atoms with E-state index < -0.39 is 15.9 Å². The number of amides is 1. The first-order valence-electron chi connectivity index (χ1n) is 7.74. The first kappa shape index (κ1) is 20.6. The summed E-state index contributed by atoms with van der Waals surface area (Å²) in [7, 11) is -3.86. The van der Waals surface area contributed by atoms with E-state index in [1.807, 2.05) is 32.9 Å². The molecule has 1 aromatic carbocycles. The minimum Gasteiger partial charge on any atom is -0.274 e. The van der Waals surface area contributed by atoms with Gasteiger partial charge >= 0.3 is 0 Å². The van der Waals surface area contributed by atoms with Crippen LogP contribution in [-0.2, 0) is 14.8 Å². The number of sulfonamides is 1. The molecule has 0 atom stereocenters. The van der Waals surface area contributed by atoms with Gasteiger partial charge in [0.15, 0.2) is 0 Å². The summed E-state index contributed by atoms with van der Waals surface area (Å²) in [6.45, 7) is 10.7. The van der Waals surface area contributed by atoms with Crippen molar-refractivity contribution in [3.63, 3.8) is 0 Å². The lowest BCUT2D eigenvalue weighted by Crippen LogP contribution is -2.41. The van der Waals surface area contributed by atoms with Gasteiger partial charge in [-0.15, -0.1) is 4.83 Å². The smallest absolute Gasteiger partial charge is 0.261 e. The van der Waals surface area contributed by atoms with Crippen LogP contribution >= 0.6 is 0 Å². The first-order valence-corrected chi connectivity index (χ1v) is 9.22. The van der Waals surface area contributed by atoms with E-state index in [1.54, 1.807) is 37.3 Å². The summed E-state index contributed by atoms with van der Waals surface area (Å²) < 4.78 is 24.7. The van der Waals surface area contributed by atoms with Crippen LogP contribution in [0.15, 0.2) is 65.1 Å². The molecule has 0 aliphatic rings. The normalized spacial score (nSPS) is 13.1. The van der Waals surface area contributed by atoms with Gasteiger partial charge in [0.2, 0.25) is 0 Å². The van der Waals surface area contributed by atoms with Crippen LogP contribution in [0, 0.1) is 6.92 Å². The molecule has 0 spiro atoms. The molecule has 5 nitrogen and oxygen atoms in total. The van der Waals surface area contributed by atoms with Gasteiger partial charge in [-0.3, -0.25) is 10.2 Å². The number of carbonyl (C=O) groups is 1. The van der Waals surface area contributed by atoms with Crippen molar-refractivity contribution < 1.29 is 13.2 Å². The van der Waals surface area contributed by atoms with E-state index in [1.165, 1.54) is 6.07 Å². The van der Waals surface area contributed by atoms with Crippen LogP contribution in [0.1, 0.15) is 31.9 Å². The summed E-state index contributed by atoms with van der Waals surface area (Å²) in [5.41, 5.74) is 5.19. The van der Waals surface area contributed by atoms with Gasteiger partial charge in [-0.25, -0.2) is 8.42 Å². The largest absolute Gasteiger partial charge is 0.274 e. The van der Waals surface area contributed by atoms with Crippen molar-refractivity contribution in [1.82, 2.24) is 10.3 Å². The Morgan fingerprint density at radius 1 is 1.24 bits per heavy atom. The second-order valence-corrected chi connectivity index (χ2v) is 7.23.